The molecule has 0 saturated carbocycles. The number of rotatable bonds is 2. The molecule has 11 heavy (non-hydrogen) atoms. The highest BCUT2D eigenvalue weighted by Gasteiger charge is 1.97. The molecule has 0 aliphatic heterocycles. The fraction of sp³-hybridized carbons (Fsp3) is 0.286. The molecule has 2 N–H and O–H groups in total. The summed E-state index contributed by atoms with van der Waals surface area (Å²) in [6.45, 7) is 0.614. The number of aromatic nitrogens is 1. The molecule has 0 saturated heterocycles. The van der Waals surface area contributed by atoms with Gasteiger partial charge in [-0.15, -0.1) is 0 Å². The largest absolute Gasteiger partial charge is 1.00 e. The summed E-state index contributed by atoms with van der Waals surface area (Å²) in [5, 5.41) is 17.4. The van der Waals surface area contributed by atoms with Gasteiger partial charge in [0, 0.05) is 6.07 Å². The van der Waals surface area contributed by atoms with Crippen LogP contribution in [-0.2, 0) is 6.54 Å². The van der Waals surface area contributed by atoms with Crippen LogP contribution in [0.3, 0.4) is 0 Å². The number of hydrogen-bond acceptors (Lipinski definition) is 2. The van der Waals surface area contributed by atoms with Gasteiger partial charge < -0.3 is 22.6 Å². The summed E-state index contributed by atoms with van der Waals surface area (Å²) in [5.74, 6) is 0.218. The summed E-state index contributed by atoms with van der Waals surface area (Å²) in [4.78, 5) is 0. The molecule has 0 aromatic carbocycles. The van der Waals surface area contributed by atoms with Crippen LogP contribution in [0.4, 0.5) is 0 Å². The third kappa shape index (κ3) is 3.20. The molecule has 0 atom stereocenters. The molecule has 0 fully saturated rings. The van der Waals surface area contributed by atoms with Crippen molar-refractivity contribution in [3.63, 3.8) is 0 Å². The van der Waals surface area contributed by atoms with Crippen molar-refractivity contribution >= 4 is 0 Å². The molecule has 1 aromatic heterocycles. The summed E-state index contributed by atoms with van der Waals surface area (Å²) < 4.78 is 1.72. The zero-order valence-electron chi connectivity index (χ0n) is 5.94. The standard InChI is InChI=1S/C7H9NO2.ClH/c9-5-4-8-3-1-2-7(10)6-8;/h1-3,6,9H,4-5H2;1H. The van der Waals surface area contributed by atoms with Crippen molar-refractivity contribution in [2.45, 2.75) is 6.54 Å². The Kier molecular flexibility index (Phi) is 4.57. The normalized spacial score (nSPS) is 8.82. The minimum atomic E-state index is 0. The number of hydrogen-bond donors (Lipinski definition) is 2. The maximum atomic E-state index is 8.94. The average Bonchev–Trinajstić information content (AvgIpc) is 1.88. The molecule has 0 bridgehead atoms. The summed E-state index contributed by atoms with van der Waals surface area (Å²) in [5.41, 5.74) is 0. The second-order valence-electron chi connectivity index (χ2n) is 2.02. The Morgan fingerprint density at radius 2 is 2.18 bits per heavy atom. The van der Waals surface area contributed by atoms with Crippen LogP contribution in [0.1, 0.15) is 0 Å². The molecular weight excluding hydrogens is 166 g/mol. The van der Waals surface area contributed by atoms with E-state index in [9.17, 15) is 0 Å². The minimum absolute atomic E-state index is 0. The highest BCUT2D eigenvalue weighted by molar-refractivity contribution is 5.09. The Bertz CT molecular complexity index is 217. The van der Waals surface area contributed by atoms with Crippen LogP contribution < -0.4 is 17.0 Å². The van der Waals surface area contributed by atoms with Gasteiger partial charge in [0.25, 0.3) is 0 Å². The number of halogens is 1. The first kappa shape index (κ1) is 10.2. The Morgan fingerprint density at radius 3 is 2.73 bits per heavy atom. The third-order valence-electron chi connectivity index (χ3n) is 1.20. The van der Waals surface area contributed by atoms with Crippen LogP contribution in [0.5, 0.6) is 5.75 Å². The molecule has 62 valence electrons. The molecule has 0 aliphatic rings. The number of nitrogens with zero attached hydrogens (tertiary/aromatic N) is 1. The van der Waals surface area contributed by atoms with Gasteiger partial charge in [-0.25, -0.2) is 0 Å². The van der Waals surface area contributed by atoms with Crippen LogP contribution in [0.15, 0.2) is 24.5 Å². The van der Waals surface area contributed by atoms with Gasteiger partial charge in [-0.2, -0.15) is 4.57 Å². The van der Waals surface area contributed by atoms with Crippen molar-refractivity contribution in [1.29, 1.82) is 0 Å². The zero-order chi connectivity index (χ0) is 7.40. The van der Waals surface area contributed by atoms with Crippen LogP contribution in [0, 0.1) is 0 Å². The average molecular weight is 176 g/mol. The van der Waals surface area contributed by atoms with Gasteiger partial charge in [-0.05, 0) is 6.07 Å². The fourth-order valence-corrected chi connectivity index (χ4v) is 0.763. The van der Waals surface area contributed by atoms with Crippen molar-refractivity contribution in [2.24, 2.45) is 0 Å². The molecule has 4 heteroatoms. The predicted octanol–water partition coefficient (Wildman–Crippen LogP) is -3.32. The van der Waals surface area contributed by atoms with Gasteiger partial charge in [0.2, 0.25) is 6.20 Å². The van der Waals surface area contributed by atoms with Crippen LogP contribution in [-0.4, -0.2) is 16.8 Å². The van der Waals surface area contributed by atoms with Crippen LogP contribution in [0.25, 0.3) is 0 Å². The number of aliphatic hydroxyl groups is 1. The van der Waals surface area contributed by atoms with E-state index in [1.807, 2.05) is 0 Å². The summed E-state index contributed by atoms with van der Waals surface area (Å²) in [7, 11) is 0. The predicted molar refractivity (Wildman–Crippen MR) is 35.4 cm³/mol. The smallest absolute Gasteiger partial charge is 0.211 e. The molecule has 0 radical (unpaired) electrons. The monoisotopic (exact) mass is 175 g/mol. The van der Waals surface area contributed by atoms with Crippen molar-refractivity contribution in [3.05, 3.63) is 24.5 Å². The van der Waals surface area contributed by atoms with Crippen molar-refractivity contribution in [2.75, 3.05) is 6.61 Å². The van der Waals surface area contributed by atoms with Gasteiger partial charge >= 0.3 is 0 Å². The van der Waals surface area contributed by atoms with Gasteiger partial charge in [0.15, 0.2) is 18.5 Å². The van der Waals surface area contributed by atoms with Crippen molar-refractivity contribution < 1.29 is 27.2 Å². The number of pyridine rings is 1. The molecule has 0 spiro atoms. The van der Waals surface area contributed by atoms with E-state index in [0.29, 0.717) is 6.54 Å². The lowest BCUT2D eigenvalue weighted by molar-refractivity contribution is -0.698. The molecule has 0 amide bonds. The molecule has 0 unspecified atom stereocenters. The Balaban J connectivity index is 0.000001000. The number of aromatic hydroxyl groups is 1. The maximum Gasteiger partial charge on any atom is 0.211 e. The third-order valence-corrected chi connectivity index (χ3v) is 1.20. The first-order chi connectivity index (χ1) is 4.83. The lowest BCUT2D eigenvalue weighted by atomic mass is 10.4. The quantitative estimate of drug-likeness (QED) is 0.462. The number of aliphatic hydroxyl groups excluding tert-OH is 1. The highest BCUT2D eigenvalue weighted by atomic mass is 35.5. The lowest BCUT2D eigenvalue weighted by Gasteiger charge is -1.91. The molecular formula is C7H10ClNO2. The fourth-order valence-electron chi connectivity index (χ4n) is 0.763. The Hall–Kier alpha value is -0.800. The summed E-state index contributed by atoms with van der Waals surface area (Å²) in [6.07, 6.45) is 3.35. The second-order valence-corrected chi connectivity index (χ2v) is 2.02. The lowest BCUT2D eigenvalue weighted by Crippen LogP contribution is -3.00. The summed E-state index contributed by atoms with van der Waals surface area (Å²) in [6, 6.07) is 3.32. The van der Waals surface area contributed by atoms with E-state index in [2.05, 4.69) is 0 Å². The van der Waals surface area contributed by atoms with Gasteiger partial charge in [-0.1, -0.05) is 0 Å². The van der Waals surface area contributed by atoms with E-state index in [4.69, 9.17) is 10.2 Å². The topological polar surface area (TPSA) is 44.3 Å². The van der Waals surface area contributed by atoms with E-state index in [-0.39, 0.29) is 24.8 Å². The van der Waals surface area contributed by atoms with Crippen molar-refractivity contribution in [3.8, 4) is 5.75 Å². The second kappa shape index (κ2) is 4.93. The van der Waals surface area contributed by atoms with Gasteiger partial charge in [-0.3, -0.25) is 0 Å². The van der Waals surface area contributed by atoms with Gasteiger partial charge in [0.1, 0.15) is 6.61 Å². The van der Waals surface area contributed by atoms with Crippen LogP contribution >= 0.6 is 0 Å². The van der Waals surface area contributed by atoms with E-state index in [1.165, 1.54) is 0 Å². The van der Waals surface area contributed by atoms with E-state index >= 15 is 0 Å². The first-order valence-electron chi connectivity index (χ1n) is 3.12. The SMILES string of the molecule is OCC[n+]1cccc(O)c1.[Cl-]. The molecule has 0 aliphatic carbocycles. The highest BCUT2D eigenvalue weighted by Crippen LogP contribution is 1.99. The first-order valence-corrected chi connectivity index (χ1v) is 3.12. The molecule has 1 aromatic rings. The van der Waals surface area contributed by atoms with E-state index in [0.717, 1.165) is 0 Å². The Morgan fingerprint density at radius 1 is 1.45 bits per heavy atom. The van der Waals surface area contributed by atoms with Crippen molar-refractivity contribution in [1.82, 2.24) is 0 Å². The molecule has 1 heterocycles. The molecule has 3 nitrogen and oxygen atoms in total. The zero-order valence-corrected chi connectivity index (χ0v) is 6.70. The Labute approximate surface area is 71.3 Å². The van der Waals surface area contributed by atoms with E-state index < -0.39 is 0 Å². The summed E-state index contributed by atoms with van der Waals surface area (Å²) >= 11 is 0. The molecule has 1 rings (SSSR count). The minimum Gasteiger partial charge on any atom is -1.00 e. The van der Waals surface area contributed by atoms with Crippen LogP contribution in [0.2, 0.25) is 0 Å². The maximum absolute atomic E-state index is 8.94. The van der Waals surface area contributed by atoms with E-state index in [1.54, 1.807) is 29.1 Å². The van der Waals surface area contributed by atoms with Gasteiger partial charge in [0.05, 0.1) is 0 Å².